The lowest BCUT2D eigenvalue weighted by molar-refractivity contribution is 0.0294. The number of aromatic nitrogens is 4. The summed E-state index contributed by atoms with van der Waals surface area (Å²) in [7, 11) is 0. The van der Waals surface area contributed by atoms with Crippen molar-refractivity contribution in [3.8, 4) is 0 Å². The highest BCUT2D eigenvalue weighted by Gasteiger charge is 2.32. The Balaban J connectivity index is 1.62. The monoisotopic (exact) mass is 760 g/mol. The molecule has 0 aliphatic carbocycles. The lowest BCUT2D eigenvalue weighted by Crippen LogP contribution is -2.21. The van der Waals surface area contributed by atoms with E-state index in [9.17, 15) is 0 Å². The van der Waals surface area contributed by atoms with Crippen molar-refractivity contribution in [2.75, 3.05) is 11.5 Å². The molecule has 4 atom stereocenters. The van der Waals surface area contributed by atoms with Crippen LogP contribution in [0.5, 0.6) is 0 Å². The molecule has 0 spiro atoms. The van der Waals surface area contributed by atoms with Crippen LogP contribution in [0.15, 0.2) is 110 Å². The van der Waals surface area contributed by atoms with Gasteiger partial charge in [0.1, 0.15) is 12.2 Å². The normalized spacial score (nSPS) is 13.9. The molecule has 0 saturated heterocycles. The summed E-state index contributed by atoms with van der Waals surface area (Å²) in [6.07, 6.45) is 13.3. The van der Waals surface area contributed by atoms with Crippen LogP contribution in [0.1, 0.15) is 97.2 Å². The maximum Gasteiger partial charge on any atom is 0.111 e. The Kier molecular flexibility index (Phi) is 12.0. The molecule has 2 aromatic heterocycles. The Hall–Kier alpha value is -3.98. The molecular weight excluding hydrogens is 722 g/mol. The van der Waals surface area contributed by atoms with Gasteiger partial charge in [0.15, 0.2) is 0 Å². The van der Waals surface area contributed by atoms with Gasteiger partial charge in [-0.15, -0.1) is 0 Å². The summed E-state index contributed by atoms with van der Waals surface area (Å²) in [5, 5.41) is 1.96. The number of ether oxygens (including phenoxy) is 1. The van der Waals surface area contributed by atoms with Gasteiger partial charge >= 0.3 is 0 Å². The molecule has 264 valence electrons. The van der Waals surface area contributed by atoms with E-state index in [1.165, 1.54) is 0 Å². The highest BCUT2D eigenvalue weighted by Crippen LogP contribution is 2.46. The van der Waals surface area contributed by atoms with E-state index in [1.807, 2.05) is 85.7 Å². The van der Waals surface area contributed by atoms with Crippen LogP contribution < -0.4 is 11.5 Å². The Bertz CT molecular complexity index is 1920. The van der Waals surface area contributed by atoms with Crippen molar-refractivity contribution in [3.63, 3.8) is 0 Å². The molecule has 4 unspecified atom stereocenters. The minimum atomic E-state index is -0.701. The third kappa shape index (κ3) is 8.24. The van der Waals surface area contributed by atoms with Gasteiger partial charge in [0.2, 0.25) is 0 Å². The van der Waals surface area contributed by atoms with Crippen molar-refractivity contribution in [1.29, 1.82) is 0 Å². The minimum Gasteiger partial charge on any atom is -0.399 e. The third-order valence-electron chi connectivity index (χ3n) is 9.16. The van der Waals surface area contributed by atoms with E-state index in [0.29, 0.717) is 31.5 Å². The molecule has 0 saturated carbocycles. The molecule has 11 heteroatoms. The Morgan fingerprint density at radius 1 is 0.569 bits per heavy atom. The molecule has 0 amide bonds. The van der Waals surface area contributed by atoms with Crippen molar-refractivity contribution in [2.24, 2.45) is 0 Å². The first-order valence-electron chi connectivity index (χ1n) is 17.0. The summed E-state index contributed by atoms with van der Waals surface area (Å²) in [6, 6.07) is 22.7. The molecule has 0 aliphatic heterocycles. The number of imidazole rings is 2. The summed E-state index contributed by atoms with van der Waals surface area (Å²) in [6.45, 7) is 4.32. The number of halogens is 4. The van der Waals surface area contributed by atoms with Crippen LogP contribution in [0.3, 0.4) is 0 Å². The highest BCUT2D eigenvalue weighted by atomic mass is 35.5. The molecule has 0 bridgehead atoms. The fourth-order valence-electron chi connectivity index (χ4n) is 6.82. The fraction of sp³-hybridized carbons (Fsp3) is 0.250. The van der Waals surface area contributed by atoms with Crippen LogP contribution in [-0.2, 0) is 4.74 Å². The van der Waals surface area contributed by atoms with E-state index < -0.39 is 12.2 Å². The van der Waals surface area contributed by atoms with Crippen molar-refractivity contribution >= 4 is 57.8 Å². The van der Waals surface area contributed by atoms with Gasteiger partial charge < -0.3 is 25.3 Å². The topological polar surface area (TPSA) is 96.9 Å². The number of hydrogen-bond acceptors (Lipinski definition) is 5. The molecule has 7 nitrogen and oxygen atoms in total. The van der Waals surface area contributed by atoms with Gasteiger partial charge in [-0.05, 0) is 83.6 Å². The molecule has 4 N–H and O–H groups in total. The minimum absolute atomic E-state index is 0.0759. The molecule has 2 heterocycles. The Labute approximate surface area is 319 Å². The molecule has 0 aliphatic rings. The smallest absolute Gasteiger partial charge is 0.111 e. The standard InChI is InChI=1S/C40H40Cl4N6O/c1-3-5-37(49-17-15-47-23-49)33-21-27(45)9-13-29(33)39(31-11-7-25(41)19-35(31)43)51-40(32-12-8-26(42)20-36(32)44)30-14-10-28(46)22-34(30)38(6-4-2)50-18-16-48-24-50/h7-24,37-40H,3-6,45-46H2,1-2H3. The highest BCUT2D eigenvalue weighted by molar-refractivity contribution is 6.35. The van der Waals surface area contributed by atoms with Crippen LogP contribution >= 0.6 is 46.4 Å². The van der Waals surface area contributed by atoms with Crippen LogP contribution in [0.2, 0.25) is 20.1 Å². The molecule has 6 aromatic rings. The molecule has 0 fully saturated rings. The van der Waals surface area contributed by atoms with Gasteiger partial charge in [-0.25, -0.2) is 9.97 Å². The number of nitrogens with two attached hydrogens (primary N) is 2. The van der Waals surface area contributed by atoms with Crippen LogP contribution in [0, 0.1) is 0 Å². The van der Waals surface area contributed by atoms with Crippen LogP contribution in [-0.4, -0.2) is 19.1 Å². The van der Waals surface area contributed by atoms with Crippen molar-refractivity contribution in [1.82, 2.24) is 19.1 Å². The summed E-state index contributed by atoms with van der Waals surface area (Å²) in [5.41, 5.74) is 19.5. The average molecular weight is 763 g/mol. The number of benzene rings is 4. The summed E-state index contributed by atoms with van der Waals surface area (Å²) in [5.74, 6) is 0. The maximum absolute atomic E-state index is 7.50. The second-order valence-electron chi connectivity index (χ2n) is 12.6. The van der Waals surface area contributed by atoms with Crippen LogP contribution in [0.4, 0.5) is 11.4 Å². The quantitative estimate of drug-likeness (QED) is 0.108. The number of nitrogen functional groups attached to an aromatic ring is 2. The van der Waals surface area contributed by atoms with Gasteiger partial charge in [0.25, 0.3) is 0 Å². The zero-order chi connectivity index (χ0) is 36.1. The van der Waals surface area contributed by atoms with E-state index in [4.69, 9.17) is 62.6 Å². The van der Waals surface area contributed by atoms with E-state index in [1.54, 1.807) is 24.5 Å². The second-order valence-corrected chi connectivity index (χ2v) is 14.3. The van der Waals surface area contributed by atoms with Crippen LogP contribution in [0.25, 0.3) is 0 Å². The largest absolute Gasteiger partial charge is 0.399 e. The van der Waals surface area contributed by atoms with E-state index >= 15 is 0 Å². The van der Waals surface area contributed by atoms with Gasteiger partial charge in [0.05, 0.1) is 24.7 Å². The first kappa shape index (κ1) is 36.8. The molecule has 4 aromatic carbocycles. The summed E-state index contributed by atoms with van der Waals surface area (Å²) >= 11 is 27.0. The third-order valence-corrected chi connectivity index (χ3v) is 10.3. The fourth-order valence-corrected chi connectivity index (χ4v) is 7.83. The summed E-state index contributed by atoms with van der Waals surface area (Å²) < 4.78 is 11.7. The number of rotatable bonds is 14. The molecule has 6 rings (SSSR count). The van der Waals surface area contributed by atoms with Gasteiger partial charge in [-0.3, -0.25) is 0 Å². The molecule has 0 radical (unpaired) electrons. The number of nitrogens with zero attached hydrogens (tertiary/aromatic N) is 4. The zero-order valence-electron chi connectivity index (χ0n) is 28.4. The zero-order valence-corrected chi connectivity index (χ0v) is 31.4. The Morgan fingerprint density at radius 2 is 0.980 bits per heavy atom. The maximum atomic E-state index is 7.50. The lowest BCUT2D eigenvalue weighted by atomic mass is 9.88. The predicted molar refractivity (Wildman–Crippen MR) is 210 cm³/mol. The Morgan fingerprint density at radius 3 is 1.33 bits per heavy atom. The van der Waals surface area contributed by atoms with E-state index in [0.717, 1.165) is 59.1 Å². The molecule has 51 heavy (non-hydrogen) atoms. The van der Waals surface area contributed by atoms with E-state index in [2.05, 4.69) is 32.9 Å². The van der Waals surface area contributed by atoms with Gasteiger partial charge in [0, 0.05) is 67.4 Å². The lowest BCUT2D eigenvalue weighted by Gasteiger charge is -2.33. The molecular formula is C40H40Cl4N6O. The van der Waals surface area contributed by atoms with Crippen molar-refractivity contribution in [3.05, 3.63) is 164 Å². The average Bonchev–Trinajstić information content (AvgIpc) is 3.84. The van der Waals surface area contributed by atoms with Crippen molar-refractivity contribution in [2.45, 2.75) is 63.8 Å². The summed E-state index contributed by atoms with van der Waals surface area (Å²) in [4.78, 5) is 8.73. The first-order valence-corrected chi connectivity index (χ1v) is 18.5. The van der Waals surface area contributed by atoms with Gasteiger partial charge in [-0.1, -0.05) is 97.4 Å². The van der Waals surface area contributed by atoms with E-state index in [-0.39, 0.29) is 12.1 Å². The number of anilines is 2. The second kappa shape index (κ2) is 16.6. The first-order chi connectivity index (χ1) is 24.7. The SMILES string of the molecule is CCCC(c1cc(N)ccc1C(OC(c1ccc(Cl)cc1Cl)c1ccc(N)cc1C(CCC)n1ccnc1)c1ccc(Cl)cc1Cl)n1ccnc1. The predicted octanol–water partition coefficient (Wildman–Crippen LogP) is 11.5. The van der Waals surface area contributed by atoms with Gasteiger partial charge in [-0.2, -0.15) is 0 Å². The number of hydrogen-bond donors (Lipinski definition) is 2. The van der Waals surface area contributed by atoms with Crippen molar-refractivity contribution < 1.29 is 4.74 Å².